The van der Waals surface area contributed by atoms with Crippen LogP contribution in [0, 0.1) is 0 Å². The van der Waals surface area contributed by atoms with Crippen LogP contribution in [0.4, 0.5) is 5.69 Å². The lowest BCUT2D eigenvalue weighted by Crippen LogP contribution is -2.12. The summed E-state index contributed by atoms with van der Waals surface area (Å²) in [5, 5.41) is 11.5. The molecule has 0 atom stereocenters. The molecule has 1 aromatic carbocycles. The Morgan fingerprint density at radius 2 is 1.95 bits per heavy atom. The maximum atomic E-state index is 11.9. The Hall–Kier alpha value is -1.60. The number of hydrogen-bond acceptors (Lipinski definition) is 2. The Kier molecular flexibility index (Phi) is 4.06. The van der Waals surface area contributed by atoms with Crippen LogP contribution in [-0.4, -0.2) is 22.0 Å². The zero-order valence-corrected chi connectivity index (χ0v) is 12.6. The van der Waals surface area contributed by atoms with E-state index in [1.165, 1.54) is 18.2 Å². The minimum atomic E-state index is -1.02. The normalized spacial score (nSPS) is 10.2. The molecule has 0 spiro atoms. The summed E-state index contributed by atoms with van der Waals surface area (Å²) in [6.07, 6.45) is 1.65. The second-order valence-corrected chi connectivity index (χ2v) is 5.46. The van der Waals surface area contributed by atoms with Crippen molar-refractivity contribution in [1.82, 2.24) is 4.98 Å². The Balaban J connectivity index is 2.20. The molecule has 3 N–H and O–H groups in total. The smallest absolute Gasteiger partial charge is 0.335 e. The molecule has 7 heteroatoms. The topological polar surface area (TPSA) is 82.2 Å². The molecule has 2 aromatic rings. The number of amides is 1. The van der Waals surface area contributed by atoms with Crippen molar-refractivity contribution in [3.8, 4) is 0 Å². The van der Waals surface area contributed by atoms with Crippen LogP contribution in [0.3, 0.4) is 0 Å². The molecule has 0 radical (unpaired) electrons. The van der Waals surface area contributed by atoms with Crippen molar-refractivity contribution < 1.29 is 14.7 Å². The van der Waals surface area contributed by atoms with Gasteiger partial charge in [0.05, 0.1) is 11.3 Å². The molecule has 19 heavy (non-hydrogen) atoms. The zero-order chi connectivity index (χ0) is 14.0. The van der Waals surface area contributed by atoms with Crippen molar-refractivity contribution in [3.05, 3.63) is 50.7 Å². The van der Waals surface area contributed by atoms with Gasteiger partial charge in [0, 0.05) is 15.1 Å². The molecule has 0 bridgehead atoms. The summed E-state index contributed by atoms with van der Waals surface area (Å²) in [5.74, 6) is -1.33. The van der Waals surface area contributed by atoms with Crippen molar-refractivity contribution in [2.24, 2.45) is 0 Å². The van der Waals surface area contributed by atoms with Gasteiger partial charge in [0.25, 0.3) is 5.91 Å². The third-order valence-electron chi connectivity index (χ3n) is 2.36. The fraction of sp³-hybridized carbons (Fsp3) is 0. The van der Waals surface area contributed by atoms with E-state index < -0.39 is 5.97 Å². The van der Waals surface area contributed by atoms with E-state index >= 15 is 0 Å². The van der Waals surface area contributed by atoms with Gasteiger partial charge < -0.3 is 15.4 Å². The van der Waals surface area contributed by atoms with Crippen LogP contribution >= 0.6 is 31.9 Å². The minimum absolute atomic E-state index is 0.146. The highest BCUT2D eigenvalue weighted by molar-refractivity contribution is 9.10. The number of anilines is 1. The molecular weight excluding hydrogens is 380 g/mol. The highest BCUT2D eigenvalue weighted by Gasteiger charge is 2.12. The first kappa shape index (κ1) is 13.8. The summed E-state index contributed by atoms with van der Waals surface area (Å²) in [6, 6.07) is 6.04. The molecule has 0 unspecified atom stereocenters. The van der Waals surface area contributed by atoms with E-state index in [2.05, 4.69) is 42.2 Å². The molecule has 5 nitrogen and oxygen atoms in total. The van der Waals surface area contributed by atoms with E-state index in [0.29, 0.717) is 15.9 Å². The number of nitrogens with one attached hydrogen (secondary N) is 2. The second-order valence-electron chi connectivity index (χ2n) is 3.69. The van der Waals surface area contributed by atoms with Crippen LogP contribution in [0.25, 0.3) is 0 Å². The van der Waals surface area contributed by atoms with Crippen LogP contribution in [0.1, 0.15) is 20.8 Å². The van der Waals surface area contributed by atoms with Gasteiger partial charge in [-0.1, -0.05) is 0 Å². The van der Waals surface area contributed by atoms with Crippen LogP contribution in [-0.2, 0) is 0 Å². The first-order valence-corrected chi connectivity index (χ1v) is 6.74. The third-order valence-corrected chi connectivity index (χ3v) is 3.47. The van der Waals surface area contributed by atoms with Crippen molar-refractivity contribution in [1.29, 1.82) is 0 Å². The second kappa shape index (κ2) is 5.58. The van der Waals surface area contributed by atoms with Crippen LogP contribution < -0.4 is 5.32 Å². The molecule has 0 aliphatic carbocycles. The summed E-state index contributed by atoms with van der Waals surface area (Å²) < 4.78 is 1.28. The molecule has 98 valence electrons. The van der Waals surface area contributed by atoms with Crippen molar-refractivity contribution in [3.63, 3.8) is 0 Å². The maximum absolute atomic E-state index is 11.9. The van der Waals surface area contributed by atoms with Crippen LogP contribution in [0.2, 0.25) is 0 Å². The van der Waals surface area contributed by atoms with Gasteiger partial charge in [-0.2, -0.15) is 0 Å². The SMILES string of the molecule is O=C(O)c1ccc(NC(=O)c2cc(Br)c[nH]2)c(Br)c1. The number of benzene rings is 1. The fourth-order valence-electron chi connectivity index (χ4n) is 1.44. The quantitative estimate of drug-likeness (QED) is 0.753. The molecule has 0 saturated heterocycles. The van der Waals surface area contributed by atoms with E-state index in [0.717, 1.165) is 4.47 Å². The van der Waals surface area contributed by atoms with E-state index in [1.807, 2.05) is 0 Å². The lowest BCUT2D eigenvalue weighted by molar-refractivity contribution is 0.0696. The molecule has 1 aromatic heterocycles. The largest absolute Gasteiger partial charge is 0.478 e. The summed E-state index contributed by atoms with van der Waals surface area (Å²) in [5.41, 5.74) is 1.05. The predicted octanol–water partition coefficient (Wildman–Crippen LogP) is 3.49. The van der Waals surface area contributed by atoms with Gasteiger partial charge in [0.1, 0.15) is 5.69 Å². The summed E-state index contributed by atoms with van der Waals surface area (Å²) in [6.45, 7) is 0. The number of aromatic carboxylic acids is 1. The lowest BCUT2D eigenvalue weighted by Gasteiger charge is -2.07. The molecule has 2 rings (SSSR count). The fourth-order valence-corrected chi connectivity index (χ4v) is 2.26. The van der Waals surface area contributed by atoms with Gasteiger partial charge in [-0.15, -0.1) is 0 Å². The van der Waals surface area contributed by atoms with Gasteiger partial charge in [0.15, 0.2) is 0 Å². The Morgan fingerprint density at radius 3 is 2.47 bits per heavy atom. The first-order valence-electron chi connectivity index (χ1n) is 5.15. The number of halogens is 2. The lowest BCUT2D eigenvalue weighted by atomic mass is 10.2. The molecule has 0 aliphatic rings. The molecule has 0 fully saturated rings. The standard InChI is InChI=1S/C12H8Br2N2O3/c13-7-4-10(15-5-7)11(17)16-9-2-1-6(12(18)19)3-8(9)14/h1-5,15H,(H,16,17)(H,18,19). The van der Waals surface area contributed by atoms with E-state index in [4.69, 9.17) is 5.11 Å². The summed E-state index contributed by atoms with van der Waals surface area (Å²) >= 11 is 6.46. The Morgan fingerprint density at radius 1 is 1.21 bits per heavy atom. The zero-order valence-electron chi connectivity index (χ0n) is 9.41. The first-order chi connectivity index (χ1) is 8.97. The number of aromatic nitrogens is 1. The van der Waals surface area contributed by atoms with Gasteiger partial charge in [0.2, 0.25) is 0 Å². The molecular formula is C12H8Br2N2O3. The van der Waals surface area contributed by atoms with Crippen molar-refractivity contribution in [2.75, 3.05) is 5.32 Å². The van der Waals surface area contributed by atoms with Gasteiger partial charge in [-0.3, -0.25) is 4.79 Å². The van der Waals surface area contributed by atoms with Gasteiger partial charge in [-0.25, -0.2) is 4.79 Å². The number of carbonyl (C=O) groups excluding carboxylic acids is 1. The monoisotopic (exact) mass is 386 g/mol. The Bertz CT molecular complexity index is 652. The number of aromatic amines is 1. The van der Waals surface area contributed by atoms with Crippen molar-refractivity contribution >= 4 is 49.4 Å². The molecule has 0 saturated carbocycles. The average molecular weight is 388 g/mol. The number of rotatable bonds is 3. The van der Waals surface area contributed by atoms with Crippen LogP contribution in [0.15, 0.2) is 39.4 Å². The van der Waals surface area contributed by atoms with Crippen LogP contribution in [0.5, 0.6) is 0 Å². The highest BCUT2D eigenvalue weighted by Crippen LogP contribution is 2.24. The minimum Gasteiger partial charge on any atom is -0.478 e. The molecule has 1 heterocycles. The van der Waals surface area contributed by atoms with E-state index in [-0.39, 0.29) is 11.5 Å². The Labute approximate surface area is 125 Å². The average Bonchev–Trinajstić information content (AvgIpc) is 2.78. The molecule has 0 aliphatic heterocycles. The summed E-state index contributed by atoms with van der Waals surface area (Å²) in [7, 11) is 0. The van der Waals surface area contributed by atoms with Crippen molar-refractivity contribution in [2.45, 2.75) is 0 Å². The van der Waals surface area contributed by atoms with Gasteiger partial charge >= 0.3 is 5.97 Å². The highest BCUT2D eigenvalue weighted by atomic mass is 79.9. The summed E-state index contributed by atoms with van der Waals surface area (Å²) in [4.78, 5) is 25.5. The number of carbonyl (C=O) groups is 2. The molecule has 1 amide bonds. The third kappa shape index (κ3) is 3.24. The predicted molar refractivity (Wildman–Crippen MR) is 77.5 cm³/mol. The van der Waals surface area contributed by atoms with E-state index in [9.17, 15) is 9.59 Å². The number of carboxylic acid groups (broad SMARTS) is 1. The maximum Gasteiger partial charge on any atom is 0.335 e. The van der Waals surface area contributed by atoms with Gasteiger partial charge in [-0.05, 0) is 56.1 Å². The van der Waals surface area contributed by atoms with E-state index in [1.54, 1.807) is 12.3 Å². The number of carboxylic acids is 1. The number of H-pyrrole nitrogens is 1. The number of hydrogen-bond donors (Lipinski definition) is 3.